The fourth-order valence-corrected chi connectivity index (χ4v) is 2.11. The minimum absolute atomic E-state index is 0.275. The predicted octanol–water partition coefficient (Wildman–Crippen LogP) is 4.26. The third-order valence-corrected chi connectivity index (χ3v) is 3.52. The number of hydrogen-bond acceptors (Lipinski definition) is 3. The van der Waals surface area contributed by atoms with Crippen LogP contribution in [-0.4, -0.2) is 11.1 Å². The van der Waals surface area contributed by atoms with Crippen molar-refractivity contribution in [3.8, 4) is 5.75 Å². The second-order valence-corrected chi connectivity index (χ2v) is 6.26. The van der Waals surface area contributed by atoms with Crippen molar-refractivity contribution >= 4 is 5.97 Å². The van der Waals surface area contributed by atoms with Gasteiger partial charge in [-0.1, -0.05) is 38.1 Å². The predicted molar refractivity (Wildman–Crippen MR) is 87.2 cm³/mol. The number of rotatable bonds is 4. The largest absolute Gasteiger partial charge is 0.423 e. The Morgan fingerprint density at radius 3 is 2.27 bits per heavy atom. The Labute approximate surface area is 131 Å². The Morgan fingerprint density at radius 2 is 1.73 bits per heavy atom. The van der Waals surface area contributed by atoms with Gasteiger partial charge in [0.2, 0.25) is 0 Å². The van der Waals surface area contributed by atoms with Crippen LogP contribution in [0, 0.1) is 0 Å². The lowest BCUT2D eigenvalue weighted by Crippen LogP contribution is -2.17. The van der Waals surface area contributed by atoms with E-state index in [1.54, 1.807) is 44.2 Å². The Bertz CT molecular complexity index is 652. The smallest absolute Gasteiger partial charge is 0.343 e. The van der Waals surface area contributed by atoms with Gasteiger partial charge in [0.1, 0.15) is 5.75 Å². The first-order chi connectivity index (χ1) is 10.3. The monoisotopic (exact) mass is 298 g/mol. The van der Waals surface area contributed by atoms with Crippen molar-refractivity contribution in [3.05, 3.63) is 65.2 Å². The highest BCUT2D eigenvalue weighted by atomic mass is 16.5. The molecular weight excluding hydrogens is 276 g/mol. The minimum atomic E-state index is -0.987. The summed E-state index contributed by atoms with van der Waals surface area (Å²) in [5.74, 6) is 0.330. The molecule has 0 aliphatic rings. The highest BCUT2D eigenvalue weighted by molar-refractivity contribution is 5.91. The summed E-state index contributed by atoms with van der Waals surface area (Å²) in [5, 5.41) is 10.2. The van der Waals surface area contributed by atoms with Gasteiger partial charge in [0.05, 0.1) is 11.2 Å². The summed E-state index contributed by atoms with van der Waals surface area (Å²) in [6.45, 7) is 7.56. The molecule has 2 aromatic rings. The molecule has 3 nitrogen and oxygen atoms in total. The molecule has 0 saturated heterocycles. The fraction of sp³-hybridized carbons (Fsp3) is 0.316. The molecule has 22 heavy (non-hydrogen) atoms. The van der Waals surface area contributed by atoms with Gasteiger partial charge in [0.25, 0.3) is 0 Å². The summed E-state index contributed by atoms with van der Waals surface area (Å²) >= 11 is 0. The zero-order chi connectivity index (χ0) is 16.3. The number of benzene rings is 2. The first-order valence-corrected chi connectivity index (χ1v) is 7.42. The van der Waals surface area contributed by atoms with E-state index in [1.165, 1.54) is 0 Å². The lowest BCUT2D eigenvalue weighted by molar-refractivity contribution is 0.0715. The van der Waals surface area contributed by atoms with Crippen molar-refractivity contribution in [2.24, 2.45) is 0 Å². The van der Waals surface area contributed by atoms with E-state index in [0.717, 1.165) is 11.1 Å². The molecule has 0 spiro atoms. The van der Waals surface area contributed by atoms with E-state index in [9.17, 15) is 9.90 Å². The standard InChI is InChI=1S/C19H22O3/c1-13(2)15-10-16(19(3,4)21)12-17(11-15)22-18(20)14-8-6-5-7-9-14/h5-13,21H,1-4H3. The van der Waals surface area contributed by atoms with E-state index in [-0.39, 0.29) is 5.92 Å². The van der Waals surface area contributed by atoms with Gasteiger partial charge < -0.3 is 9.84 Å². The van der Waals surface area contributed by atoms with Gasteiger partial charge in [-0.15, -0.1) is 0 Å². The zero-order valence-electron chi connectivity index (χ0n) is 13.5. The van der Waals surface area contributed by atoms with E-state index >= 15 is 0 Å². The first-order valence-electron chi connectivity index (χ1n) is 7.42. The molecule has 0 atom stereocenters. The minimum Gasteiger partial charge on any atom is -0.423 e. The van der Waals surface area contributed by atoms with Crippen molar-refractivity contribution < 1.29 is 14.6 Å². The van der Waals surface area contributed by atoms with Crippen LogP contribution in [0.5, 0.6) is 5.75 Å². The molecule has 0 radical (unpaired) electrons. The number of carbonyl (C=O) groups excluding carboxylic acids is 1. The molecule has 1 N–H and O–H groups in total. The average molecular weight is 298 g/mol. The second-order valence-electron chi connectivity index (χ2n) is 6.26. The molecule has 0 amide bonds. The molecule has 0 fully saturated rings. The molecule has 0 unspecified atom stereocenters. The van der Waals surface area contributed by atoms with E-state index in [4.69, 9.17) is 4.74 Å². The van der Waals surface area contributed by atoms with Crippen LogP contribution in [0.3, 0.4) is 0 Å². The van der Waals surface area contributed by atoms with Crippen molar-refractivity contribution in [1.82, 2.24) is 0 Å². The molecule has 0 aliphatic carbocycles. The van der Waals surface area contributed by atoms with Gasteiger partial charge in [-0.05, 0) is 55.2 Å². The van der Waals surface area contributed by atoms with Crippen LogP contribution in [0.15, 0.2) is 48.5 Å². The van der Waals surface area contributed by atoms with Crippen molar-refractivity contribution in [1.29, 1.82) is 0 Å². The van der Waals surface area contributed by atoms with Crippen molar-refractivity contribution in [2.75, 3.05) is 0 Å². The average Bonchev–Trinajstić information content (AvgIpc) is 2.46. The second kappa shape index (κ2) is 6.32. The first kappa shape index (κ1) is 16.2. The van der Waals surface area contributed by atoms with E-state index < -0.39 is 11.6 Å². The molecule has 116 valence electrons. The maximum absolute atomic E-state index is 12.2. The molecular formula is C19H22O3. The SMILES string of the molecule is CC(C)c1cc(OC(=O)c2ccccc2)cc(C(C)(C)O)c1. The molecule has 2 rings (SSSR count). The van der Waals surface area contributed by atoms with Crippen LogP contribution < -0.4 is 4.74 Å². The van der Waals surface area contributed by atoms with E-state index in [1.807, 2.05) is 18.2 Å². The maximum Gasteiger partial charge on any atom is 0.343 e. The van der Waals surface area contributed by atoms with Crippen LogP contribution >= 0.6 is 0 Å². The van der Waals surface area contributed by atoms with Crippen LogP contribution in [0.4, 0.5) is 0 Å². The molecule has 0 heterocycles. The maximum atomic E-state index is 12.2. The summed E-state index contributed by atoms with van der Waals surface area (Å²) in [4.78, 5) is 12.2. The Kier molecular flexibility index (Phi) is 4.67. The van der Waals surface area contributed by atoms with Gasteiger partial charge in [-0.3, -0.25) is 0 Å². The van der Waals surface area contributed by atoms with Gasteiger partial charge in [0, 0.05) is 0 Å². The molecule has 0 bridgehead atoms. The summed E-state index contributed by atoms with van der Waals surface area (Å²) in [6.07, 6.45) is 0. The zero-order valence-corrected chi connectivity index (χ0v) is 13.5. The molecule has 0 aromatic heterocycles. The molecule has 2 aromatic carbocycles. The van der Waals surface area contributed by atoms with Crippen LogP contribution in [-0.2, 0) is 5.60 Å². The highest BCUT2D eigenvalue weighted by Gasteiger charge is 2.19. The van der Waals surface area contributed by atoms with Crippen LogP contribution in [0.25, 0.3) is 0 Å². The summed E-state index contributed by atoms with van der Waals surface area (Å²) in [5.41, 5.74) is 1.27. The molecule has 0 saturated carbocycles. The topological polar surface area (TPSA) is 46.5 Å². The number of hydrogen-bond donors (Lipinski definition) is 1. The van der Waals surface area contributed by atoms with Gasteiger partial charge in [-0.25, -0.2) is 4.79 Å². The Balaban J connectivity index is 2.34. The van der Waals surface area contributed by atoms with Crippen LogP contribution in [0.2, 0.25) is 0 Å². The summed E-state index contributed by atoms with van der Waals surface area (Å²) in [7, 11) is 0. The van der Waals surface area contributed by atoms with Crippen molar-refractivity contribution in [3.63, 3.8) is 0 Å². The summed E-state index contributed by atoms with van der Waals surface area (Å²) < 4.78 is 5.48. The van der Waals surface area contributed by atoms with Crippen molar-refractivity contribution in [2.45, 2.75) is 39.2 Å². The van der Waals surface area contributed by atoms with E-state index in [0.29, 0.717) is 11.3 Å². The number of carbonyl (C=O) groups is 1. The lowest BCUT2D eigenvalue weighted by Gasteiger charge is -2.21. The quantitative estimate of drug-likeness (QED) is 0.678. The summed E-state index contributed by atoms with van der Waals surface area (Å²) in [6, 6.07) is 14.4. The molecule has 0 aliphatic heterocycles. The Hall–Kier alpha value is -2.13. The van der Waals surface area contributed by atoms with E-state index in [2.05, 4.69) is 13.8 Å². The Morgan fingerprint density at radius 1 is 1.09 bits per heavy atom. The number of aliphatic hydroxyl groups is 1. The third kappa shape index (κ3) is 3.95. The number of ether oxygens (including phenoxy) is 1. The van der Waals surface area contributed by atoms with Gasteiger partial charge >= 0.3 is 5.97 Å². The highest BCUT2D eigenvalue weighted by Crippen LogP contribution is 2.29. The normalized spacial score (nSPS) is 11.5. The lowest BCUT2D eigenvalue weighted by atomic mass is 9.92. The fourth-order valence-electron chi connectivity index (χ4n) is 2.11. The van der Waals surface area contributed by atoms with Gasteiger partial charge in [-0.2, -0.15) is 0 Å². The number of esters is 1. The molecule has 3 heteroatoms. The van der Waals surface area contributed by atoms with Gasteiger partial charge in [0.15, 0.2) is 0 Å². The third-order valence-electron chi connectivity index (χ3n) is 3.52. The van der Waals surface area contributed by atoms with Crippen LogP contribution in [0.1, 0.15) is 55.1 Å².